The van der Waals surface area contributed by atoms with Gasteiger partial charge in [-0.05, 0) is 178 Å². The van der Waals surface area contributed by atoms with Crippen LogP contribution in [0.5, 0.6) is 11.5 Å². The van der Waals surface area contributed by atoms with Crippen molar-refractivity contribution in [1.29, 1.82) is 0 Å². The van der Waals surface area contributed by atoms with E-state index in [0.717, 1.165) is 24.3 Å². The Morgan fingerprint density at radius 3 is 1.66 bits per heavy atom. The zero-order chi connectivity index (χ0) is 50.0. The molecule has 1 unspecified atom stereocenters. The minimum atomic E-state index is -0.00167. The second-order valence-corrected chi connectivity index (χ2v) is 23.3. The van der Waals surface area contributed by atoms with Crippen LogP contribution < -0.4 is 21.1 Å². The van der Waals surface area contributed by atoms with Gasteiger partial charge in [0.15, 0.2) is 0 Å². The molecule has 356 valence electrons. The second kappa shape index (κ2) is 16.7. The number of hydrogen-bond acceptors (Lipinski definition) is 1. The van der Waals surface area contributed by atoms with E-state index in [4.69, 9.17) is 4.74 Å². The summed E-state index contributed by atoms with van der Waals surface area (Å²) < 4.78 is 9.55. The van der Waals surface area contributed by atoms with Crippen molar-refractivity contribution in [1.82, 2.24) is 4.57 Å². The summed E-state index contributed by atoms with van der Waals surface area (Å²) in [6.07, 6.45) is 6.87. The largest absolute Gasteiger partial charge is 0.458 e. The summed E-state index contributed by atoms with van der Waals surface area (Å²) in [5.41, 5.74) is 21.7. The highest BCUT2D eigenvalue weighted by atomic mass is 16.5. The van der Waals surface area contributed by atoms with E-state index in [9.17, 15) is 0 Å². The SMILES string of the molecule is CC(C)(C)C1=CC(C(C)(C)C)CC(c2cc(-c3cc4c5c(c3)Oc3ccccc3B5c3ccc(-n5c6ccccc6c6ccccc65)cc3C4)cc(-c3c4ccccc4c(-c4ccccc4)c4ccccc34)c2)=C1. The highest BCUT2D eigenvalue weighted by Crippen LogP contribution is 2.48. The molecule has 1 aliphatic carbocycles. The third-order valence-electron chi connectivity index (χ3n) is 16.7. The lowest BCUT2D eigenvalue weighted by Crippen LogP contribution is -2.59. The zero-order valence-electron chi connectivity index (χ0n) is 43.1. The third-order valence-corrected chi connectivity index (χ3v) is 16.7. The lowest BCUT2D eigenvalue weighted by molar-refractivity contribution is 0.292. The molecule has 2 nitrogen and oxygen atoms in total. The van der Waals surface area contributed by atoms with Crippen molar-refractivity contribution < 1.29 is 4.74 Å². The predicted molar refractivity (Wildman–Crippen MR) is 316 cm³/mol. The highest BCUT2D eigenvalue weighted by molar-refractivity contribution is 6.97. The summed E-state index contributed by atoms with van der Waals surface area (Å²) in [5.74, 6) is 2.28. The number of aromatic nitrogens is 1. The normalized spacial score (nSPS) is 15.2. The standard InChI is InChI=1S/C71H58BNO/c1-70(2,3)52-39-48(40-53(43-52)71(4,5)6)46-34-45(35-50(36-46)68-59-26-12-10-24-57(59)67(44-20-8-7-9-21-44)58-25-11-13-27-60(58)68)47-37-51-38-49-41-54(73-63-29-17-14-22-55(63)56-23-15-18-30-64(56)73)32-33-61(49)72-62-28-16-19-31-65(62)74-66(42-47)69(51)72/h7-37,39,41-43,53H,38,40H2,1-6H3. The fourth-order valence-electron chi connectivity index (χ4n) is 12.9. The fraction of sp³-hybridized carbons (Fsp3) is 0.155. The van der Waals surface area contributed by atoms with Crippen molar-refractivity contribution >= 4 is 72.0 Å². The fourth-order valence-corrected chi connectivity index (χ4v) is 12.9. The Kier molecular flexibility index (Phi) is 10.1. The van der Waals surface area contributed by atoms with Gasteiger partial charge in [0, 0.05) is 16.5 Å². The predicted octanol–water partition coefficient (Wildman–Crippen LogP) is 17.0. The van der Waals surface area contributed by atoms with E-state index in [0.29, 0.717) is 5.92 Å². The molecule has 0 saturated carbocycles. The van der Waals surface area contributed by atoms with Crippen LogP contribution in [-0.2, 0) is 6.42 Å². The van der Waals surface area contributed by atoms with Gasteiger partial charge in [0.05, 0.1) is 11.0 Å². The van der Waals surface area contributed by atoms with Crippen LogP contribution in [0.2, 0.25) is 0 Å². The Morgan fingerprint density at radius 2 is 1.01 bits per heavy atom. The molecule has 0 saturated heterocycles. The molecule has 1 atom stereocenters. The van der Waals surface area contributed by atoms with Crippen molar-refractivity contribution in [3.05, 3.63) is 235 Å². The first kappa shape index (κ1) is 44.6. The summed E-state index contributed by atoms with van der Waals surface area (Å²) in [6, 6.07) is 75.0. The van der Waals surface area contributed by atoms with Gasteiger partial charge in [-0.3, -0.25) is 0 Å². The van der Waals surface area contributed by atoms with Gasteiger partial charge >= 0.3 is 0 Å². The first-order valence-electron chi connectivity index (χ1n) is 26.6. The van der Waals surface area contributed by atoms with Crippen LogP contribution in [-0.4, -0.2) is 11.3 Å². The van der Waals surface area contributed by atoms with Gasteiger partial charge in [0.1, 0.15) is 11.5 Å². The maximum absolute atomic E-state index is 7.09. The molecule has 1 aromatic heterocycles. The summed E-state index contributed by atoms with van der Waals surface area (Å²) >= 11 is 0. The summed E-state index contributed by atoms with van der Waals surface area (Å²) in [6.45, 7) is 14.4. The van der Waals surface area contributed by atoms with Gasteiger partial charge in [-0.25, -0.2) is 0 Å². The molecule has 0 N–H and O–H groups in total. The van der Waals surface area contributed by atoms with E-state index in [-0.39, 0.29) is 17.5 Å². The third kappa shape index (κ3) is 7.15. The van der Waals surface area contributed by atoms with E-state index in [2.05, 4.69) is 258 Å². The number of para-hydroxylation sites is 3. The molecule has 0 radical (unpaired) electrons. The van der Waals surface area contributed by atoms with Gasteiger partial charge in [0.2, 0.25) is 0 Å². The molecule has 3 heteroatoms. The first-order chi connectivity index (χ1) is 35.9. The number of nitrogens with zero attached hydrogens (tertiary/aromatic N) is 1. The number of rotatable bonds is 5. The molecular formula is C71H58BNO. The van der Waals surface area contributed by atoms with Crippen molar-refractivity contribution in [2.75, 3.05) is 0 Å². The minimum Gasteiger partial charge on any atom is -0.458 e. The average molecular weight is 952 g/mol. The van der Waals surface area contributed by atoms with Crippen molar-refractivity contribution in [2.24, 2.45) is 16.7 Å². The van der Waals surface area contributed by atoms with Crippen molar-refractivity contribution in [3.63, 3.8) is 0 Å². The molecule has 0 bridgehead atoms. The Bertz CT molecular complexity index is 4080. The smallest absolute Gasteiger partial charge is 0.251 e. The molecule has 0 spiro atoms. The quantitative estimate of drug-likeness (QED) is 0.124. The average Bonchev–Trinajstić information content (AvgIpc) is 3.82. The molecule has 0 fully saturated rings. The maximum Gasteiger partial charge on any atom is 0.251 e. The van der Waals surface area contributed by atoms with Crippen LogP contribution in [0.25, 0.3) is 88.0 Å². The van der Waals surface area contributed by atoms with E-state index >= 15 is 0 Å². The Balaban J connectivity index is 1.00. The van der Waals surface area contributed by atoms with E-state index < -0.39 is 0 Å². The number of fused-ring (bicyclic) bond motifs is 9. The molecule has 3 aliphatic rings. The van der Waals surface area contributed by atoms with Crippen LogP contribution in [0.1, 0.15) is 64.7 Å². The Morgan fingerprint density at radius 1 is 0.459 bits per heavy atom. The molecule has 2 aliphatic heterocycles. The zero-order valence-corrected chi connectivity index (χ0v) is 43.1. The molecule has 0 amide bonds. The van der Waals surface area contributed by atoms with E-state index in [1.54, 1.807) is 0 Å². The first-order valence-corrected chi connectivity index (χ1v) is 26.6. The summed E-state index contributed by atoms with van der Waals surface area (Å²) in [4.78, 5) is 0. The molecule has 11 aromatic rings. The van der Waals surface area contributed by atoms with Crippen LogP contribution in [0.4, 0.5) is 0 Å². The summed E-state index contributed by atoms with van der Waals surface area (Å²) in [7, 11) is 0. The van der Waals surface area contributed by atoms with Gasteiger partial charge < -0.3 is 9.30 Å². The van der Waals surface area contributed by atoms with Crippen LogP contribution in [0.15, 0.2) is 218 Å². The topological polar surface area (TPSA) is 14.2 Å². The van der Waals surface area contributed by atoms with Gasteiger partial charge in [-0.15, -0.1) is 0 Å². The van der Waals surface area contributed by atoms with Gasteiger partial charge in [0.25, 0.3) is 6.71 Å². The molecule has 10 aromatic carbocycles. The Hall–Kier alpha value is -8.14. The molecular weight excluding hydrogens is 894 g/mol. The van der Waals surface area contributed by atoms with Crippen LogP contribution in [0, 0.1) is 16.7 Å². The van der Waals surface area contributed by atoms with Crippen molar-refractivity contribution in [2.45, 2.75) is 54.4 Å². The van der Waals surface area contributed by atoms with Gasteiger partial charge in [-0.2, -0.15) is 0 Å². The number of allylic oxidation sites excluding steroid dienone is 4. The van der Waals surface area contributed by atoms with E-state index in [1.165, 1.54) is 127 Å². The molecule has 14 rings (SSSR count). The monoisotopic (exact) mass is 951 g/mol. The van der Waals surface area contributed by atoms with Gasteiger partial charge in [-0.1, -0.05) is 205 Å². The second-order valence-electron chi connectivity index (χ2n) is 23.3. The lowest BCUT2D eigenvalue weighted by Gasteiger charge is -2.36. The van der Waals surface area contributed by atoms with E-state index in [1.807, 2.05) is 0 Å². The lowest BCUT2D eigenvalue weighted by atomic mass is 9.32. The number of hydrogen-bond donors (Lipinski definition) is 0. The van der Waals surface area contributed by atoms with Crippen LogP contribution in [0.3, 0.4) is 0 Å². The number of benzene rings is 10. The van der Waals surface area contributed by atoms with Crippen LogP contribution >= 0.6 is 0 Å². The Labute approximate surface area is 435 Å². The highest BCUT2D eigenvalue weighted by Gasteiger charge is 2.39. The maximum atomic E-state index is 7.09. The summed E-state index contributed by atoms with van der Waals surface area (Å²) in [5, 5.41) is 7.59. The van der Waals surface area contributed by atoms with Crippen molar-refractivity contribution in [3.8, 4) is 50.6 Å². The number of ether oxygens (including phenoxy) is 1. The minimum absolute atomic E-state index is 0.00167. The molecule has 74 heavy (non-hydrogen) atoms. The molecule has 3 heterocycles.